The number of ether oxygens (including phenoxy) is 2. The van der Waals surface area contributed by atoms with Gasteiger partial charge in [0.15, 0.2) is 5.79 Å². The van der Waals surface area contributed by atoms with E-state index in [1.54, 1.807) is 11.8 Å². The van der Waals surface area contributed by atoms with E-state index in [2.05, 4.69) is 0 Å². The zero-order valence-corrected chi connectivity index (χ0v) is 11.9. The quantitative estimate of drug-likeness (QED) is 0.822. The highest BCUT2D eigenvalue weighted by Gasteiger charge is 2.35. The minimum absolute atomic E-state index is 0.0373. The Morgan fingerprint density at radius 2 is 2.22 bits per heavy atom. The van der Waals surface area contributed by atoms with Gasteiger partial charge in [0.2, 0.25) is 0 Å². The van der Waals surface area contributed by atoms with Crippen LogP contribution in [0.15, 0.2) is 0 Å². The fraction of sp³-hybridized carbons (Fsp3) is 0.923. The van der Waals surface area contributed by atoms with E-state index in [1.807, 2.05) is 13.8 Å². The van der Waals surface area contributed by atoms with Gasteiger partial charge in [0.05, 0.1) is 12.7 Å². The molecule has 4 nitrogen and oxygen atoms in total. The van der Waals surface area contributed by atoms with E-state index in [0.717, 1.165) is 17.9 Å². The topological polar surface area (TPSA) is 55.8 Å². The molecule has 5 heteroatoms. The molecule has 0 amide bonds. The fourth-order valence-electron chi connectivity index (χ4n) is 2.60. The van der Waals surface area contributed by atoms with Gasteiger partial charge in [-0.2, -0.15) is 11.8 Å². The number of thioether (sulfide) groups is 1. The Balaban J connectivity index is 1.70. The molecule has 1 N–H and O–H groups in total. The van der Waals surface area contributed by atoms with Gasteiger partial charge >= 0.3 is 0 Å². The van der Waals surface area contributed by atoms with Crippen molar-refractivity contribution in [3.8, 4) is 0 Å². The lowest BCUT2D eigenvalue weighted by Gasteiger charge is -2.18. The molecule has 0 bridgehead atoms. The molecule has 1 aliphatic heterocycles. The van der Waals surface area contributed by atoms with E-state index < -0.39 is 5.79 Å². The summed E-state index contributed by atoms with van der Waals surface area (Å²) in [5.74, 6) is 1.69. The Kier molecular flexibility index (Phi) is 4.69. The third kappa shape index (κ3) is 3.47. The Morgan fingerprint density at radius 3 is 2.83 bits per heavy atom. The predicted molar refractivity (Wildman–Crippen MR) is 70.5 cm³/mol. The summed E-state index contributed by atoms with van der Waals surface area (Å²) in [7, 11) is 0. The monoisotopic (exact) mass is 274 g/mol. The second kappa shape index (κ2) is 5.90. The number of rotatable bonds is 5. The molecular formula is C13H22O4S. The summed E-state index contributed by atoms with van der Waals surface area (Å²) >= 11 is 1.73. The molecule has 1 saturated carbocycles. The first-order valence-electron chi connectivity index (χ1n) is 6.55. The van der Waals surface area contributed by atoms with Gasteiger partial charge in [0.1, 0.15) is 5.78 Å². The molecule has 2 aliphatic rings. The normalized spacial score (nSPS) is 35.3. The smallest absolute Gasteiger partial charge is 0.163 e. The molecular weight excluding hydrogens is 252 g/mol. The van der Waals surface area contributed by atoms with Gasteiger partial charge in [-0.05, 0) is 26.2 Å². The lowest BCUT2D eigenvalue weighted by atomic mass is 9.99. The van der Waals surface area contributed by atoms with Gasteiger partial charge in [0, 0.05) is 30.5 Å². The maximum atomic E-state index is 11.7. The average Bonchev–Trinajstić information content (AvgIpc) is 2.83. The summed E-state index contributed by atoms with van der Waals surface area (Å²) in [6, 6.07) is 0. The highest BCUT2D eigenvalue weighted by molar-refractivity contribution is 7.99. The van der Waals surface area contributed by atoms with Crippen molar-refractivity contribution in [2.45, 2.75) is 38.6 Å². The van der Waals surface area contributed by atoms with Crippen LogP contribution < -0.4 is 0 Å². The van der Waals surface area contributed by atoms with Crippen LogP contribution in [0.3, 0.4) is 0 Å². The van der Waals surface area contributed by atoms with E-state index in [-0.39, 0.29) is 24.5 Å². The first kappa shape index (κ1) is 14.3. The number of aliphatic hydroxyl groups excluding tert-OH is 1. The predicted octanol–water partition coefficient (Wildman–Crippen LogP) is 1.46. The Labute approximate surface area is 112 Å². The fourth-order valence-corrected chi connectivity index (χ4v) is 3.87. The van der Waals surface area contributed by atoms with Crippen LogP contribution in [0.25, 0.3) is 0 Å². The lowest BCUT2D eigenvalue weighted by molar-refractivity contribution is -0.135. The Hall–Kier alpha value is -0.100. The van der Waals surface area contributed by atoms with Gasteiger partial charge in [-0.15, -0.1) is 0 Å². The summed E-state index contributed by atoms with van der Waals surface area (Å²) in [5, 5.41) is 9.23. The molecule has 2 rings (SSSR count). The van der Waals surface area contributed by atoms with Crippen LogP contribution in [0.5, 0.6) is 0 Å². The van der Waals surface area contributed by atoms with Crippen molar-refractivity contribution in [3.05, 3.63) is 0 Å². The van der Waals surface area contributed by atoms with Crippen molar-refractivity contribution in [2.24, 2.45) is 11.8 Å². The first-order chi connectivity index (χ1) is 8.52. The van der Waals surface area contributed by atoms with Crippen LogP contribution in [-0.4, -0.2) is 47.5 Å². The standard InChI is InChI=1S/C13H22O4S/c1-13(2)16-6-10(17-13)7-18-8-11-9(5-14)3-4-12(11)15/h9-11,14H,3-8H2,1-2H3. The van der Waals surface area contributed by atoms with Crippen molar-refractivity contribution in [2.75, 3.05) is 24.7 Å². The zero-order valence-electron chi connectivity index (χ0n) is 11.1. The zero-order chi connectivity index (χ0) is 13.2. The summed E-state index contributed by atoms with van der Waals surface area (Å²) in [4.78, 5) is 11.7. The van der Waals surface area contributed by atoms with E-state index in [0.29, 0.717) is 18.8 Å². The molecule has 1 aliphatic carbocycles. The van der Waals surface area contributed by atoms with Gasteiger partial charge in [-0.25, -0.2) is 0 Å². The number of aliphatic hydroxyl groups is 1. The second-order valence-electron chi connectivity index (χ2n) is 5.54. The molecule has 2 fully saturated rings. The maximum absolute atomic E-state index is 11.7. The number of carbonyl (C=O) groups is 1. The summed E-state index contributed by atoms with van der Waals surface area (Å²) in [6.45, 7) is 4.59. The number of hydrogen-bond acceptors (Lipinski definition) is 5. The number of Topliss-reactive ketones (excluding diaryl/α,β-unsaturated/α-hetero) is 1. The molecule has 104 valence electrons. The lowest BCUT2D eigenvalue weighted by Crippen LogP contribution is -2.24. The molecule has 1 saturated heterocycles. The van der Waals surface area contributed by atoms with Crippen molar-refractivity contribution in [1.29, 1.82) is 0 Å². The van der Waals surface area contributed by atoms with Crippen molar-refractivity contribution < 1.29 is 19.4 Å². The van der Waals surface area contributed by atoms with E-state index in [4.69, 9.17) is 9.47 Å². The largest absolute Gasteiger partial charge is 0.396 e. The van der Waals surface area contributed by atoms with Crippen LogP contribution in [0.1, 0.15) is 26.7 Å². The Bertz CT molecular complexity index is 305. The molecule has 1 heterocycles. The molecule has 18 heavy (non-hydrogen) atoms. The molecule has 0 aromatic carbocycles. The molecule has 0 aromatic rings. The SMILES string of the molecule is CC1(C)OCC(CSCC2C(=O)CCC2CO)O1. The highest BCUT2D eigenvalue weighted by atomic mass is 32.2. The molecule has 0 aromatic heterocycles. The van der Waals surface area contributed by atoms with Crippen LogP contribution in [0.2, 0.25) is 0 Å². The first-order valence-corrected chi connectivity index (χ1v) is 7.70. The van der Waals surface area contributed by atoms with Crippen LogP contribution >= 0.6 is 11.8 Å². The van der Waals surface area contributed by atoms with Gasteiger partial charge in [-0.1, -0.05) is 0 Å². The van der Waals surface area contributed by atoms with Crippen molar-refractivity contribution in [1.82, 2.24) is 0 Å². The summed E-state index contributed by atoms with van der Waals surface area (Å²) in [5.41, 5.74) is 0. The molecule has 3 unspecified atom stereocenters. The molecule has 3 atom stereocenters. The number of carbonyl (C=O) groups excluding carboxylic acids is 1. The third-order valence-corrected chi connectivity index (χ3v) is 4.85. The van der Waals surface area contributed by atoms with E-state index in [9.17, 15) is 9.90 Å². The van der Waals surface area contributed by atoms with Gasteiger partial charge in [-0.3, -0.25) is 4.79 Å². The van der Waals surface area contributed by atoms with Crippen molar-refractivity contribution in [3.63, 3.8) is 0 Å². The molecule has 0 spiro atoms. The summed E-state index contributed by atoms with van der Waals surface area (Å²) in [6.07, 6.45) is 1.59. The van der Waals surface area contributed by atoms with E-state index >= 15 is 0 Å². The van der Waals surface area contributed by atoms with E-state index in [1.165, 1.54) is 0 Å². The van der Waals surface area contributed by atoms with Crippen LogP contribution in [0, 0.1) is 11.8 Å². The minimum atomic E-state index is -0.470. The molecule has 0 radical (unpaired) electrons. The second-order valence-corrected chi connectivity index (χ2v) is 6.62. The van der Waals surface area contributed by atoms with Crippen LogP contribution in [-0.2, 0) is 14.3 Å². The van der Waals surface area contributed by atoms with Gasteiger partial charge in [0.25, 0.3) is 0 Å². The number of hydrogen-bond donors (Lipinski definition) is 1. The maximum Gasteiger partial charge on any atom is 0.163 e. The highest BCUT2D eigenvalue weighted by Crippen LogP contribution is 2.32. The third-order valence-electron chi connectivity index (χ3n) is 3.65. The van der Waals surface area contributed by atoms with Crippen molar-refractivity contribution >= 4 is 17.5 Å². The average molecular weight is 274 g/mol. The minimum Gasteiger partial charge on any atom is -0.396 e. The Morgan fingerprint density at radius 1 is 1.44 bits per heavy atom. The summed E-state index contributed by atoms with van der Waals surface area (Å²) < 4.78 is 11.2. The van der Waals surface area contributed by atoms with Crippen LogP contribution in [0.4, 0.5) is 0 Å². The number of ketones is 1. The van der Waals surface area contributed by atoms with Gasteiger partial charge < -0.3 is 14.6 Å².